The van der Waals surface area contributed by atoms with Gasteiger partial charge in [-0.25, -0.2) is 0 Å². The number of aliphatic hydroxyl groups is 1. The van der Waals surface area contributed by atoms with E-state index in [1.54, 1.807) is 14.0 Å². The number of hydrogen-bond acceptors (Lipinski definition) is 3. The van der Waals surface area contributed by atoms with Crippen molar-refractivity contribution in [3.63, 3.8) is 0 Å². The standard InChI is InChI=1S/C14H21NO3/c1-10-5-6-13(11(2)7-10)18-9-14(17)15(4)8-12(3)16/h5-7,12,16H,8-9H2,1-4H3. The van der Waals surface area contributed by atoms with Crippen LogP contribution in [0.4, 0.5) is 0 Å². The maximum atomic E-state index is 11.7. The molecule has 1 N–H and O–H groups in total. The van der Waals surface area contributed by atoms with Gasteiger partial charge in [-0.3, -0.25) is 4.79 Å². The zero-order valence-corrected chi connectivity index (χ0v) is 11.4. The third-order valence-corrected chi connectivity index (χ3v) is 2.65. The highest BCUT2D eigenvalue weighted by molar-refractivity contribution is 5.77. The van der Waals surface area contributed by atoms with Crippen LogP contribution in [0.5, 0.6) is 5.75 Å². The maximum absolute atomic E-state index is 11.7. The average Bonchev–Trinajstić information content (AvgIpc) is 2.26. The number of likely N-dealkylation sites (N-methyl/N-ethyl adjacent to an activating group) is 1. The molecule has 0 spiro atoms. The summed E-state index contributed by atoms with van der Waals surface area (Å²) in [5.74, 6) is 0.579. The van der Waals surface area contributed by atoms with Gasteiger partial charge in [0.2, 0.25) is 0 Å². The SMILES string of the molecule is Cc1ccc(OCC(=O)N(C)CC(C)O)c(C)c1. The Kier molecular flexibility index (Phi) is 5.16. The van der Waals surface area contributed by atoms with Crippen molar-refractivity contribution in [1.82, 2.24) is 4.90 Å². The number of carbonyl (C=O) groups excluding carboxylic acids is 1. The Morgan fingerprint density at radius 1 is 1.44 bits per heavy atom. The molecule has 0 aliphatic carbocycles. The van der Waals surface area contributed by atoms with Crippen LogP contribution in [-0.4, -0.2) is 42.2 Å². The molecule has 1 unspecified atom stereocenters. The largest absolute Gasteiger partial charge is 0.484 e. The van der Waals surface area contributed by atoms with Crippen molar-refractivity contribution in [2.24, 2.45) is 0 Å². The molecule has 0 aliphatic rings. The topological polar surface area (TPSA) is 49.8 Å². The molecule has 1 aromatic carbocycles. The highest BCUT2D eigenvalue weighted by atomic mass is 16.5. The van der Waals surface area contributed by atoms with E-state index in [0.29, 0.717) is 6.54 Å². The van der Waals surface area contributed by atoms with Gasteiger partial charge < -0.3 is 14.7 Å². The van der Waals surface area contributed by atoms with Gasteiger partial charge in [-0.1, -0.05) is 17.7 Å². The lowest BCUT2D eigenvalue weighted by molar-refractivity contribution is -0.133. The number of nitrogens with zero attached hydrogens (tertiary/aromatic N) is 1. The molecule has 1 amide bonds. The number of ether oxygens (including phenoxy) is 1. The van der Waals surface area contributed by atoms with Crippen LogP contribution >= 0.6 is 0 Å². The van der Waals surface area contributed by atoms with Gasteiger partial charge in [0.1, 0.15) is 5.75 Å². The van der Waals surface area contributed by atoms with E-state index in [1.807, 2.05) is 32.0 Å². The molecule has 1 aromatic rings. The van der Waals surface area contributed by atoms with Crippen LogP contribution in [0.25, 0.3) is 0 Å². The smallest absolute Gasteiger partial charge is 0.260 e. The first-order valence-corrected chi connectivity index (χ1v) is 6.02. The minimum Gasteiger partial charge on any atom is -0.484 e. The number of benzene rings is 1. The van der Waals surface area contributed by atoms with Crippen molar-refractivity contribution >= 4 is 5.91 Å². The van der Waals surface area contributed by atoms with Crippen molar-refractivity contribution in [3.8, 4) is 5.75 Å². The highest BCUT2D eigenvalue weighted by Crippen LogP contribution is 2.18. The zero-order valence-electron chi connectivity index (χ0n) is 11.4. The van der Waals surface area contributed by atoms with Crippen molar-refractivity contribution in [2.45, 2.75) is 26.9 Å². The van der Waals surface area contributed by atoms with Crippen LogP contribution in [-0.2, 0) is 4.79 Å². The Labute approximate surface area is 108 Å². The normalized spacial score (nSPS) is 12.1. The quantitative estimate of drug-likeness (QED) is 0.863. The van der Waals surface area contributed by atoms with Crippen molar-refractivity contribution in [2.75, 3.05) is 20.2 Å². The van der Waals surface area contributed by atoms with Crippen LogP contribution in [0.1, 0.15) is 18.1 Å². The zero-order chi connectivity index (χ0) is 13.7. The molecule has 0 bridgehead atoms. The van der Waals surface area contributed by atoms with Gasteiger partial charge in [0.25, 0.3) is 5.91 Å². The lowest BCUT2D eigenvalue weighted by Crippen LogP contribution is -2.36. The molecule has 18 heavy (non-hydrogen) atoms. The number of amides is 1. The Morgan fingerprint density at radius 2 is 2.11 bits per heavy atom. The maximum Gasteiger partial charge on any atom is 0.260 e. The predicted molar refractivity (Wildman–Crippen MR) is 70.7 cm³/mol. The summed E-state index contributed by atoms with van der Waals surface area (Å²) in [6.45, 7) is 5.92. The van der Waals surface area contributed by atoms with Gasteiger partial charge in [-0.05, 0) is 32.4 Å². The Morgan fingerprint density at radius 3 is 2.67 bits per heavy atom. The summed E-state index contributed by atoms with van der Waals surface area (Å²) in [4.78, 5) is 13.2. The minimum atomic E-state index is -0.528. The molecule has 0 saturated carbocycles. The van der Waals surface area contributed by atoms with E-state index in [0.717, 1.165) is 16.9 Å². The molecule has 0 fully saturated rings. The van der Waals surface area contributed by atoms with E-state index >= 15 is 0 Å². The number of aliphatic hydroxyl groups excluding tert-OH is 1. The van der Waals surface area contributed by atoms with Crippen LogP contribution < -0.4 is 4.74 Å². The summed E-state index contributed by atoms with van der Waals surface area (Å²) in [7, 11) is 1.65. The van der Waals surface area contributed by atoms with Crippen LogP contribution in [0.15, 0.2) is 18.2 Å². The van der Waals surface area contributed by atoms with Gasteiger partial charge in [0.15, 0.2) is 6.61 Å². The summed E-state index contributed by atoms with van der Waals surface area (Å²) >= 11 is 0. The minimum absolute atomic E-state index is 0.00682. The third kappa shape index (κ3) is 4.37. The first-order valence-electron chi connectivity index (χ1n) is 6.02. The second kappa shape index (κ2) is 6.40. The Hall–Kier alpha value is -1.55. The molecule has 1 atom stereocenters. The molecular formula is C14H21NO3. The van der Waals surface area contributed by atoms with Gasteiger partial charge in [0.05, 0.1) is 6.10 Å². The van der Waals surface area contributed by atoms with Gasteiger partial charge in [-0.2, -0.15) is 0 Å². The number of hydrogen-bond donors (Lipinski definition) is 1. The summed E-state index contributed by atoms with van der Waals surface area (Å²) in [6, 6.07) is 5.83. The second-order valence-corrected chi connectivity index (χ2v) is 4.68. The second-order valence-electron chi connectivity index (χ2n) is 4.68. The number of rotatable bonds is 5. The molecule has 4 nitrogen and oxygen atoms in total. The fraction of sp³-hybridized carbons (Fsp3) is 0.500. The Balaban J connectivity index is 2.52. The molecule has 0 aliphatic heterocycles. The molecular weight excluding hydrogens is 230 g/mol. The monoisotopic (exact) mass is 251 g/mol. The van der Waals surface area contributed by atoms with Gasteiger partial charge in [0, 0.05) is 13.6 Å². The predicted octanol–water partition coefficient (Wildman–Crippen LogP) is 1.52. The Bertz CT molecular complexity index is 416. The first-order chi connectivity index (χ1) is 8.40. The molecule has 1 rings (SSSR count). The summed E-state index contributed by atoms with van der Waals surface area (Å²) in [5.41, 5.74) is 2.18. The van der Waals surface area contributed by atoms with Gasteiger partial charge in [-0.15, -0.1) is 0 Å². The lowest BCUT2D eigenvalue weighted by Gasteiger charge is -2.19. The van der Waals surface area contributed by atoms with Crippen molar-refractivity contribution in [1.29, 1.82) is 0 Å². The molecule has 100 valence electrons. The molecule has 0 radical (unpaired) electrons. The molecule has 0 aromatic heterocycles. The molecule has 0 heterocycles. The highest BCUT2D eigenvalue weighted by Gasteiger charge is 2.12. The summed E-state index contributed by atoms with van der Waals surface area (Å²) in [6.07, 6.45) is -0.528. The van der Waals surface area contributed by atoms with E-state index in [1.165, 1.54) is 4.90 Å². The van der Waals surface area contributed by atoms with E-state index in [2.05, 4.69) is 0 Å². The van der Waals surface area contributed by atoms with Gasteiger partial charge >= 0.3 is 0 Å². The average molecular weight is 251 g/mol. The fourth-order valence-electron chi connectivity index (χ4n) is 1.71. The van der Waals surface area contributed by atoms with E-state index in [-0.39, 0.29) is 12.5 Å². The number of aryl methyl sites for hydroxylation is 2. The molecule has 4 heteroatoms. The van der Waals surface area contributed by atoms with Crippen LogP contribution in [0.3, 0.4) is 0 Å². The van der Waals surface area contributed by atoms with E-state index in [9.17, 15) is 9.90 Å². The summed E-state index contributed by atoms with van der Waals surface area (Å²) < 4.78 is 5.48. The summed E-state index contributed by atoms with van der Waals surface area (Å²) in [5, 5.41) is 9.20. The van der Waals surface area contributed by atoms with Crippen LogP contribution in [0, 0.1) is 13.8 Å². The molecule has 0 saturated heterocycles. The van der Waals surface area contributed by atoms with Crippen molar-refractivity contribution < 1.29 is 14.6 Å². The van der Waals surface area contributed by atoms with Crippen LogP contribution in [0.2, 0.25) is 0 Å². The van der Waals surface area contributed by atoms with E-state index < -0.39 is 6.10 Å². The fourth-order valence-corrected chi connectivity index (χ4v) is 1.71. The first kappa shape index (κ1) is 14.5. The van der Waals surface area contributed by atoms with E-state index in [4.69, 9.17) is 4.74 Å². The lowest BCUT2D eigenvalue weighted by atomic mass is 10.1. The number of carbonyl (C=O) groups is 1. The van der Waals surface area contributed by atoms with Crippen molar-refractivity contribution in [3.05, 3.63) is 29.3 Å². The third-order valence-electron chi connectivity index (χ3n) is 2.65.